The van der Waals surface area contributed by atoms with Gasteiger partial charge in [-0.25, -0.2) is 4.79 Å². The lowest BCUT2D eigenvalue weighted by atomic mass is 9.78. The van der Waals surface area contributed by atoms with Gasteiger partial charge in [0.25, 0.3) is 0 Å². The molecule has 1 fully saturated rings. The zero-order valence-electron chi connectivity index (χ0n) is 11.9. The Hall–Kier alpha value is -1.79. The normalized spacial score (nSPS) is 26.6. The van der Waals surface area contributed by atoms with E-state index in [4.69, 9.17) is 14.9 Å². The van der Waals surface area contributed by atoms with E-state index >= 15 is 0 Å². The number of aliphatic carboxylic acids is 2. The van der Waals surface area contributed by atoms with E-state index < -0.39 is 41.5 Å². The molecular weight excluding hydrogens is 266 g/mol. The van der Waals surface area contributed by atoms with Gasteiger partial charge in [-0.3, -0.25) is 9.59 Å². The summed E-state index contributed by atoms with van der Waals surface area (Å²) in [6.45, 7) is 5.15. The Morgan fingerprint density at radius 2 is 1.45 bits per heavy atom. The number of carboxylic acid groups (broad SMARTS) is 2. The number of carbonyl (C=O) groups excluding carboxylic acids is 1. The maximum atomic E-state index is 11.7. The Bertz CT molecular complexity index is 378. The molecule has 0 aromatic heterocycles. The van der Waals surface area contributed by atoms with Gasteiger partial charge in [0.2, 0.25) is 0 Å². The highest BCUT2D eigenvalue weighted by Crippen LogP contribution is 2.30. The summed E-state index contributed by atoms with van der Waals surface area (Å²) in [4.78, 5) is 33.7. The van der Waals surface area contributed by atoms with Crippen LogP contribution in [0.15, 0.2) is 0 Å². The lowest BCUT2D eigenvalue weighted by molar-refractivity contribution is -0.148. The molecule has 1 aliphatic rings. The van der Waals surface area contributed by atoms with Crippen LogP contribution in [0.5, 0.6) is 0 Å². The Morgan fingerprint density at radius 1 is 1.00 bits per heavy atom. The molecule has 7 nitrogen and oxygen atoms in total. The van der Waals surface area contributed by atoms with Crippen molar-refractivity contribution in [2.75, 3.05) is 0 Å². The number of hydrogen-bond donors (Lipinski definition) is 3. The number of carbonyl (C=O) groups is 3. The predicted molar refractivity (Wildman–Crippen MR) is 69.3 cm³/mol. The molecule has 0 aromatic rings. The van der Waals surface area contributed by atoms with E-state index in [1.807, 2.05) is 0 Å². The second-order valence-electron chi connectivity index (χ2n) is 6.12. The van der Waals surface area contributed by atoms with Crippen molar-refractivity contribution in [3.63, 3.8) is 0 Å². The van der Waals surface area contributed by atoms with E-state index in [0.717, 1.165) is 0 Å². The van der Waals surface area contributed by atoms with Crippen LogP contribution in [0.3, 0.4) is 0 Å². The summed E-state index contributed by atoms with van der Waals surface area (Å²) in [6, 6.07) is -0.499. The summed E-state index contributed by atoms with van der Waals surface area (Å²) in [7, 11) is 0. The van der Waals surface area contributed by atoms with Crippen molar-refractivity contribution >= 4 is 18.0 Å². The predicted octanol–water partition coefficient (Wildman–Crippen LogP) is 1.47. The van der Waals surface area contributed by atoms with Gasteiger partial charge < -0.3 is 20.3 Å². The first-order chi connectivity index (χ1) is 9.08. The molecule has 0 radical (unpaired) electrons. The topological polar surface area (TPSA) is 113 Å². The van der Waals surface area contributed by atoms with Crippen LogP contribution in [-0.2, 0) is 14.3 Å². The van der Waals surface area contributed by atoms with Crippen molar-refractivity contribution in [2.24, 2.45) is 11.8 Å². The molecule has 7 heteroatoms. The van der Waals surface area contributed by atoms with Gasteiger partial charge in [-0.1, -0.05) is 0 Å². The SMILES string of the molecule is CC(C)(C)OC(=O)NC1C[C@@H](C(=O)O)C[C@@H](C(=O)O)C1. The Labute approximate surface area is 117 Å². The number of rotatable bonds is 3. The first-order valence-corrected chi connectivity index (χ1v) is 6.53. The van der Waals surface area contributed by atoms with Crippen molar-refractivity contribution in [3.8, 4) is 0 Å². The van der Waals surface area contributed by atoms with Crippen LogP contribution in [0, 0.1) is 11.8 Å². The average Bonchev–Trinajstić information content (AvgIpc) is 2.25. The fraction of sp³-hybridized carbons (Fsp3) is 0.769. The van der Waals surface area contributed by atoms with Crippen LogP contribution in [0.4, 0.5) is 4.79 Å². The molecule has 3 N–H and O–H groups in total. The Balaban J connectivity index is 2.66. The second-order valence-corrected chi connectivity index (χ2v) is 6.12. The minimum absolute atomic E-state index is 0.0944. The number of alkyl carbamates (subject to hydrolysis) is 1. The Morgan fingerprint density at radius 3 is 1.80 bits per heavy atom. The van der Waals surface area contributed by atoms with Crippen LogP contribution in [-0.4, -0.2) is 39.9 Å². The molecule has 0 aromatic carbocycles. The van der Waals surface area contributed by atoms with E-state index in [1.165, 1.54) is 0 Å². The molecule has 1 aliphatic carbocycles. The number of nitrogens with one attached hydrogen (secondary N) is 1. The van der Waals surface area contributed by atoms with Gasteiger partial charge >= 0.3 is 18.0 Å². The standard InChI is InChI=1S/C13H21NO6/c1-13(2,3)20-12(19)14-9-5-7(10(15)16)4-8(6-9)11(17)18/h7-9H,4-6H2,1-3H3,(H,14,19)(H,15,16)(H,17,18)/t7-,8+,9?. The van der Waals surface area contributed by atoms with Crippen molar-refractivity contribution in [1.82, 2.24) is 5.32 Å². The average molecular weight is 287 g/mol. The molecule has 0 saturated heterocycles. The van der Waals surface area contributed by atoms with Gasteiger partial charge in [0.15, 0.2) is 0 Å². The number of amides is 1. The third kappa shape index (κ3) is 5.07. The van der Waals surface area contributed by atoms with Crippen molar-refractivity contribution in [3.05, 3.63) is 0 Å². The fourth-order valence-electron chi connectivity index (χ4n) is 2.31. The van der Waals surface area contributed by atoms with Crippen molar-refractivity contribution < 1.29 is 29.3 Å². The van der Waals surface area contributed by atoms with Gasteiger partial charge in [-0.2, -0.15) is 0 Å². The van der Waals surface area contributed by atoms with Crippen LogP contribution in [0.1, 0.15) is 40.0 Å². The summed E-state index contributed by atoms with van der Waals surface area (Å²) in [5, 5.41) is 20.6. The first kappa shape index (κ1) is 16.3. The maximum absolute atomic E-state index is 11.7. The maximum Gasteiger partial charge on any atom is 0.407 e. The minimum atomic E-state index is -1.04. The zero-order valence-corrected chi connectivity index (χ0v) is 11.9. The largest absolute Gasteiger partial charge is 0.481 e. The molecule has 1 saturated carbocycles. The van der Waals surface area contributed by atoms with E-state index in [2.05, 4.69) is 5.32 Å². The summed E-state index contributed by atoms with van der Waals surface area (Å²) >= 11 is 0. The molecule has 0 heterocycles. The highest BCUT2D eigenvalue weighted by atomic mass is 16.6. The number of ether oxygens (including phenoxy) is 1. The number of carboxylic acids is 2. The molecule has 114 valence electrons. The first-order valence-electron chi connectivity index (χ1n) is 6.53. The molecule has 0 spiro atoms. The summed E-state index contributed by atoms with van der Waals surface area (Å²) in [5.74, 6) is -3.59. The van der Waals surface area contributed by atoms with Gasteiger partial charge in [0.05, 0.1) is 11.8 Å². The van der Waals surface area contributed by atoms with Crippen LogP contribution in [0.25, 0.3) is 0 Å². The van der Waals surface area contributed by atoms with Crippen molar-refractivity contribution in [2.45, 2.75) is 51.7 Å². The van der Waals surface area contributed by atoms with Crippen LogP contribution >= 0.6 is 0 Å². The van der Waals surface area contributed by atoms with Gasteiger partial charge in [-0.15, -0.1) is 0 Å². The van der Waals surface area contributed by atoms with E-state index in [9.17, 15) is 14.4 Å². The fourth-order valence-corrected chi connectivity index (χ4v) is 2.31. The highest BCUT2D eigenvalue weighted by molar-refractivity contribution is 5.75. The third-order valence-electron chi connectivity index (χ3n) is 3.13. The van der Waals surface area contributed by atoms with Crippen LogP contribution in [0.2, 0.25) is 0 Å². The molecule has 1 amide bonds. The lowest BCUT2D eigenvalue weighted by Gasteiger charge is -2.32. The molecule has 0 aliphatic heterocycles. The monoisotopic (exact) mass is 287 g/mol. The second kappa shape index (κ2) is 6.11. The third-order valence-corrected chi connectivity index (χ3v) is 3.13. The smallest absolute Gasteiger partial charge is 0.407 e. The lowest BCUT2D eigenvalue weighted by Crippen LogP contribution is -2.45. The van der Waals surface area contributed by atoms with E-state index in [1.54, 1.807) is 20.8 Å². The molecule has 20 heavy (non-hydrogen) atoms. The van der Waals surface area contributed by atoms with E-state index in [0.29, 0.717) is 0 Å². The van der Waals surface area contributed by atoms with Crippen molar-refractivity contribution in [1.29, 1.82) is 0 Å². The summed E-state index contributed by atoms with van der Waals surface area (Å²) in [6.07, 6.45) is -0.119. The summed E-state index contributed by atoms with van der Waals surface area (Å²) < 4.78 is 5.09. The molecule has 1 unspecified atom stereocenters. The van der Waals surface area contributed by atoms with Crippen LogP contribution < -0.4 is 5.32 Å². The number of hydrogen-bond acceptors (Lipinski definition) is 4. The summed E-state index contributed by atoms with van der Waals surface area (Å²) in [5.41, 5.74) is -0.656. The zero-order chi connectivity index (χ0) is 15.5. The van der Waals surface area contributed by atoms with Gasteiger partial charge in [0, 0.05) is 6.04 Å². The molecule has 0 bridgehead atoms. The van der Waals surface area contributed by atoms with E-state index in [-0.39, 0.29) is 19.3 Å². The molecule has 3 atom stereocenters. The highest BCUT2D eigenvalue weighted by Gasteiger charge is 2.37. The molecular formula is C13H21NO6. The van der Waals surface area contributed by atoms with Gasteiger partial charge in [-0.05, 0) is 40.0 Å². The minimum Gasteiger partial charge on any atom is -0.481 e. The molecule has 1 rings (SSSR count). The Kier molecular flexibility index (Phi) is 4.97. The van der Waals surface area contributed by atoms with Gasteiger partial charge in [0.1, 0.15) is 5.60 Å². The quantitative estimate of drug-likeness (QED) is 0.724.